The molecule has 1 aliphatic rings. The number of nitrogens with one attached hydrogen (secondary N) is 1. The summed E-state index contributed by atoms with van der Waals surface area (Å²) in [7, 11) is 0. The Morgan fingerprint density at radius 1 is 1.43 bits per heavy atom. The molecule has 0 saturated heterocycles. The van der Waals surface area contributed by atoms with Crippen LogP contribution in [0.5, 0.6) is 0 Å². The lowest BCUT2D eigenvalue weighted by Crippen LogP contribution is -2.41. The first-order valence-electron chi connectivity index (χ1n) is 5.30. The van der Waals surface area contributed by atoms with Gasteiger partial charge in [0.05, 0.1) is 18.9 Å². The number of furan rings is 1. The molecule has 3 nitrogen and oxygen atoms in total. The highest BCUT2D eigenvalue weighted by Crippen LogP contribution is 2.18. The van der Waals surface area contributed by atoms with Crippen molar-refractivity contribution in [1.82, 2.24) is 5.32 Å². The van der Waals surface area contributed by atoms with E-state index in [2.05, 4.69) is 5.32 Å². The van der Waals surface area contributed by atoms with Crippen LogP contribution in [0.1, 0.15) is 31.4 Å². The third-order valence-electron chi connectivity index (χ3n) is 2.85. The van der Waals surface area contributed by atoms with Crippen LogP contribution in [0, 0.1) is 0 Å². The van der Waals surface area contributed by atoms with Gasteiger partial charge in [0.1, 0.15) is 5.76 Å². The lowest BCUT2D eigenvalue weighted by Gasteiger charge is -2.28. The second kappa shape index (κ2) is 4.62. The second-order valence-corrected chi connectivity index (χ2v) is 3.92. The van der Waals surface area contributed by atoms with Gasteiger partial charge in [-0.05, 0) is 25.0 Å². The first-order chi connectivity index (χ1) is 6.86. The van der Waals surface area contributed by atoms with Crippen LogP contribution in [0.25, 0.3) is 0 Å². The predicted octanol–water partition coefficient (Wildman–Crippen LogP) is 1.67. The van der Waals surface area contributed by atoms with E-state index in [0.29, 0.717) is 6.54 Å². The van der Waals surface area contributed by atoms with E-state index < -0.39 is 0 Å². The molecule has 1 aromatic heterocycles. The smallest absolute Gasteiger partial charge is 0.117 e. The fourth-order valence-corrected chi connectivity index (χ4v) is 1.99. The maximum atomic E-state index is 9.70. The predicted molar refractivity (Wildman–Crippen MR) is 53.8 cm³/mol. The Balaban J connectivity index is 1.79. The molecule has 3 heteroatoms. The van der Waals surface area contributed by atoms with Crippen LogP contribution >= 0.6 is 0 Å². The molecule has 2 rings (SSSR count). The van der Waals surface area contributed by atoms with Crippen LogP contribution in [-0.4, -0.2) is 17.3 Å². The molecule has 1 saturated carbocycles. The van der Waals surface area contributed by atoms with E-state index in [0.717, 1.165) is 25.0 Å². The molecule has 1 aliphatic carbocycles. The van der Waals surface area contributed by atoms with Gasteiger partial charge in [0.25, 0.3) is 0 Å². The summed E-state index contributed by atoms with van der Waals surface area (Å²) in [5, 5.41) is 13.0. The third kappa shape index (κ3) is 2.36. The summed E-state index contributed by atoms with van der Waals surface area (Å²) >= 11 is 0. The number of rotatable bonds is 3. The van der Waals surface area contributed by atoms with Gasteiger partial charge in [-0.3, -0.25) is 0 Å². The van der Waals surface area contributed by atoms with Gasteiger partial charge in [-0.15, -0.1) is 0 Å². The monoisotopic (exact) mass is 195 g/mol. The van der Waals surface area contributed by atoms with Gasteiger partial charge in [-0.1, -0.05) is 12.8 Å². The largest absolute Gasteiger partial charge is 0.468 e. The molecule has 2 atom stereocenters. The van der Waals surface area contributed by atoms with E-state index in [9.17, 15) is 5.11 Å². The molecule has 1 aromatic rings. The van der Waals surface area contributed by atoms with Gasteiger partial charge in [0, 0.05) is 6.04 Å². The molecule has 0 radical (unpaired) electrons. The van der Waals surface area contributed by atoms with Crippen LogP contribution in [0.15, 0.2) is 22.8 Å². The van der Waals surface area contributed by atoms with Crippen LogP contribution in [0.4, 0.5) is 0 Å². The highest BCUT2D eigenvalue weighted by Gasteiger charge is 2.22. The molecule has 1 heterocycles. The standard InChI is InChI=1S/C11H17NO2/c13-11-6-2-1-5-10(11)12-8-9-4-3-7-14-9/h3-4,7,10-13H,1-2,5-6,8H2. The molecule has 0 aliphatic heterocycles. The molecular formula is C11H17NO2. The molecule has 0 bridgehead atoms. The molecule has 14 heavy (non-hydrogen) atoms. The Morgan fingerprint density at radius 3 is 3.00 bits per heavy atom. The average molecular weight is 195 g/mol. The maximum absolute atomic E-state index is 9.70. The Hall–Kier alpha value is -0.800. The number of aliphatic hydroxyl groups excluding tert-OH is 1. The summed E-state index contributed by atoms with van der Waals surface area (Å²) in [5.74, 6) is 0.933. The summed E-state index contributed by atoms with van der Waals surface area (Å²) in [5.41, 5.74) is 0. The average Bonchev–Trinajstić information content (AvgIpc) is 2.69. The van der Waals surface area contributed by atoms with Gasteiger partial charge in [0.2, 0.25) is 0 Å². The van der Waals surface area contributed by atoms with Crippen molar-refractivity contribution >= 4 is 0 Å². The topological polar surface area (TPSA) is 45.4 Å². The van der Waals surface area contributed by atoms with Crippen molar-refractivity contribution in [3.63, 3.8) is 0 Å². The van der Waals surface area contributed by atoms with Crippen LogP contribution in [0.3, 0.4) is 0 Å². The highest BCUT2D eigenvalue weighted by atomic mass is 16.3. The van der Waals surface area contributed by atoms with Crippen molar-refractivity contribution < 1.29 is 9.52 Å². The maximum Gasteiger partial charge on any atom is 0.117 e. The first kappa shape index (κ1) is 9.74. The summed E-state index contributed by atoms with van der Waals surface area (Å²) in [6.45, 7) is 0.717. The fourth-order valence-electron chi connectivity index (χ4n) is 1.99. The lowest BCUT2D eigenvalue weighted by atomic mass is 9.92. The van der Waals surface area contributed by atoms with E-state index >= 15 is 0 Å². The third-order valence-corrected chi connectivity index (χ3v) is 2.85. The van der Waals surface area contributed by atoms with E-state index in [1.54, 1.807) is 6.26 Å². The van der Waals surface area contributed by atoms with E-state index in [-0.39, 0.29) is 12.1 Å². The minimum absolute atomic E-state index is 0.182. The first-order valence-corrected chi connectivity index (χ1v) is 5.30. The Labute approximate surface area is 84.1 Å². The zero-order valence-corrected chi connectivity index (χ0v) is 8.28. The highest BCUT2D eigenvalue weighted by molar-refractivity contribution is 4.98. The summed E-state index contributed by atoms with van der Waals surface area (Å²) < 4.78 is 5.22. The normalized spacial score (nSPS) is 27.8. The minimum Gasteiger partial charge on any atom is -0.468 e. The minimum atomic E-state index is -0.182. The molecule has 78 valence electrons. The number of hydrogen-bond acceptors (Lipinski definition) is 3. The van der Waals surface area contributed by atoms with Crippen molar-refractivity contribution in [2.45, 2.75) is 44.4 Å². The summed E-state index contributed by atoms with van der Waals surface area (Å²) in [4.78, 5) is 0. The number of hydrogen-bond donors (Lipinski definition) is 2. The van der Waals surface area contributed by atoms with E-state index in [4.69, 9.17) is 4.42 Å². The van der Waals surface area contributed by atoms with Crippen molar-refractivity contribution in [2.75, 3.05) is 0 Å². The van der Waals surface area contributed by atoms with Gasteiger partial charge in [-0.2, -0.15) is 0 Å². The Bertz CT molecular complexity index is 258. The van der Waals surface area contributed by atoms with E-state index in [1.165, 1.54) is 6.42 Å². The zero-order valence-electron chi connectivity index (χ0n) is 8.28. The van der Waals surface area contributed by atoms with Gasteiger partial charge >= 0.3 is 0 Å². The molecule has 0 aromatic carbocycles. The van der Waals surface area contributed by atoms with Crippen LogP contribution < -0.4 is 5.32 Å². The van der Waals surface area contributed by atoms with Crippen molar-refractivity contribution in [3.8, 4) is 0 Å². The van der Waals surface area contributed by atoms with Crippen LogP contribution in [-0.2, 0) is 6.54 Å². The van der Waals surface area contributed by atoms with E-state index in [1.807, 2.05) is 12.1 Å². The Kier molecular flexibility index (Phi) is 3.22. The summed E-state index contributed by atoms with van der Waals surface area (Å²) in [6.07, 6.45) is 5.86. The molecule has 1 fully saturated rings. The van der Waals surface area contributed by atoms with Crippen molar-refractivity contribution in [1.29, 1.82) is 0 Å². The van der Waals surface area contributed by atoms with Gasteiger partial charge in [0.15, 0.2) is 0 Å². The molecule has 2 unspecified atom stereocenters. The molecule has 2 N–H and O–H groups in total. The van der Waals surface area contributed by atoms with Crippen molar-refractivity contribution in [3.05, 3.63) is 24.2 Å². The number of aliphatic hydroxyl groups is 1. The second-order valence-electron chi connectivity index (χ2n) is 3.92. The summed E-state index contributed by atoms with van der Waals surface area (Å²) in [6, 6.07) is 4.07. The fraction of sp³-hybridized carbons (Fsp3) is 0.636. The molecular weight excluding hydrogens is 178 g/mol. The van der Waals surface area contributed by atoms with Gasteiger partial charge in [-0.25, -0.2) is 0 Å². The zero-order chi connectivity index (χ0) is 9.80. The molecule has 0 amide bonds. The van der Waals surface area contributed by atoms with Crippen molar-refractivity contribution in [2.24, 2.45) is 0 Å². The lowest BCUT2D eigenvalue weighted by molar-refractivity contribution is 0.0893. The Morgan fingerprint density at radius 2 is 2.29 bits per heavy atom. The SMILES string of the molecule is OC1CCCCC1NCc1ccco1. The quantitative estimate of drug-likeness (QED) is 0.771. The van der Waals surface area contributed by atoms with Gasteiger partial charge < -0.3 is 14.8 Å². The van der Waals surface area contributed by atoms with Crippen LogP contribution in [0.2, 0.25) is 0 Å². The molecule has 0 spiro atoms.